The number of benzene rings is 1. The van der Waals surface area contributed by atoms with Crippen LogP contribution in [0, 0.1) is 25.2 Å². The minimum Gasteiger partial charge on any atom is -0.360 e. The lowest BCUT2D eigenvalue weighted by Crippen LogP contribution is -2.02. The molecule has 0 amide bonds. The maximum atomic E-state index is 12.9. The van der Waals surface area contributed by atoms with E-state index in [0.717, 1.165) is 32.1 Å². The average Bonchev–Trinajstić information content (AvgIpc) is 3.25. The van der Waals surface area contributed by atoms with Gasteiger partial charge in [0.2, 0.25) is 5.78 Å². The molecule has 0 unspecified atom stereocenters. The first kappa shape index (κ1) is 15.4. The number of thiazole rings is 1. The van der Waals surface area contributed by atoms with Gasteiger partial charge < -0.3 is 4.98 Å². The molecule has 4 aromatic rings. The Morgan fingerprint density at radius 3 is 2.96 bits per heavy atom. The number of carbonyl (C=O) groups is 1. The molecule has 1 aromatic carbocycles. The normalized spacial score (nSPS) is 12.0. The van der Waals surface area contributed by atoms with Gasteiger partial charge in [0.25, 0.3) is 0 Å². The van der Waals surface area contributed by atoms with E-state index in [1.165, 1.54) is 0 Å². The molecule has 0 spiro atoms. The van der Waals surface area contributed by atoms with Crippen molar-refractivity contribution in [3.63, 3.8) is 0 Å². The predicted molar refractivity (Wildman–Crippen MR) is 98.8 cm³/mol. The van der Waals surface area contributed by atoms with Crippen LogP contribution in [0.5, 0.6) is 0 Å². The molecule has 6 heteroatoms. The predicted octanol–water partition coefficient (Wildman–Crippen LogP) is 4.28. The largest absolute Gasteiger partial charge is 0.360 e. The van der Waals surface area contributed by atoms with Crippen molar-refractivity contribution >= 4 is 39.1 Å². The molecule has 0 atom stereocenters. The lowest BCUT2D eigenvalue weighted by Gasteiger charge is -1.99. The molecule has 3 heterocycles. The summed E-state index contributed by atoms with van der Waals surface area (Å²) >= 11 is 1.58. The zero-order valence-electron chi connectivity index (χ0n) is 13.7. The summed E-state index contributed by atoms with van der Waals surface area (Å²) in [5, 5.41) is 10.4. The third kappa shape index (κ3) is 2.46. The van der Waals surface area contributed by atoms with Crippen LogP contribution in [0.15, 0.2) is 42.2 Å². The summed E-state index contributed by atoms with van der Waals surface area (Å²) in [6.07, 6.45) is 5.26. The van der Waals surface area contributed by atoms with E-state index in [2.05, 4.69) is 16.0 Å². The molecule has 0 saturated carbocycles. The number of aromatic amines is 1. The lowest BCUT2D eigenvalue weighted by atomic mass is 10.0. The maximum Gasteiger partial charge on any atom is 0.205 e. The molecule has 0 aliphatic carbocycles. The zero-order chi connectivity index (χ0) is 17.6. The maximum absolute atomic E-state index is 12.9. The highest BCUT2D eigenvalue weighted by molar-refractivity contribution is 7.17. The van der Waals surface area contributed by atoms with E-state index in [9.17, 15) is 10.1 Å². The van der Waals surface area contributed by atoms with E-state index in [1.54, 1.807) is 23.6 Å². The van der Waals surface area contributed by atoms with Crippen LogP contribution in [-0.4, -0.2) is 20.2 Å². The van der Waals surface area contributed by atoms with Crippen LogP contribution in [0.25, 0.3) is 21.9 Å². The van der Waals surface area contributed by atoms with Crippen molar-refractivity contribution in [2.24, 2.45) is 0 Å². The van der Waals surface area contributed by atoms with Crippen LogP contribution < -0.4 is 0 Å². The van der Waals surface area contributed by atoms with Gasteiger partial charge in [-0.25, -0.2) is 4.98 Å². The van der Waals surface area contributed by atoms with Gasteiger partial charge >= 0.3 is 0 Å². The third-order valence-corrected chi connectivity index (χ3v) is 5.04. The Balaban J connectivity index is 1.84. The number of imidazole rings is 1. The van der Waals surface area contributed by atoms with E-state index >= 15 is 0 Å². The molecule has 0 aliphatic rings. The summed E-state index contributed by atoms with van der Waals surface area (Å²) in [6, 6.07) is 9.61. The molecule has 0 aliphatic heterocycles. The quantitative estimate of drug-likeness (QED) is 0.342. The summed E-state index contributed by atoms with van der Waals surface area (Å²) in [4.78, 5) is 22.5. The Morgan fingerprint density at radius 1 is 1.36 bits per heavy atom. The number of Topliss-reactive ketones (excluding diaryl/α,β-unsaturated/α-hetero) is 1. The highest BCUT2D eigenvalue weighted by Gasteiger charge is 2.18. The number of allylic oxidation sites excluding steroid dienone is 1. The number of nitriles is 1. The number of carbonyl (C=O) groups excluding carboxylic acids is 1. The zero-order valence-corrected chi connectivity index (χ0v) is 14.5. The number of ketones is 1. The monoisotopic (exact) mass is 346 g/mol. The van der Waals surface area contributed by atoms with E-state index in [4.69, 9.17) is 0 Å². The number of aryl methyl sites for hydroxylation is 2. The van der Waals surface area contributed by atoms with Gasteiger partial charge in [-0.15, -0.1) is 11.3 Å². The highest BCUT2D eigenvalue weighted by Crippen LogP contribution is 2.25. The molecular weight excluding hydrogens is 332 g/mol. The number of fused-ring (bicyclic) bond motifs is 2. The molecule has 0 radical (unpaired) electrons. The van der Waals surface area contributed by atoms with Crippen LogP contribution in [0.4, 0.5) is 0 Å². The minimum absolute atomic E-state index is 0.0958. The second kappa shape index (κ2) is 5.72. The van der Waals surface area contributed by atoms with Gasteiger partial charge in [-0.1, -0.05) is 18.2 Å². The van der Waals surface area contributed by atoms with Gasteiger partial charge in [0.15, 0.2) is 4.96 Å². The van der Waals surface area contributed by atoms with Gasteiger partial charge in [-0.2, -0.15) is 5.26 Å². The molecule has 3 aromatic heterocycles. The minimum atomic E-state index is -0.291. The van der Waals surface area contributed by atoms with E-state index in [0.29, 0.717) is 5.56 Å². The summed E-state index contributed by atoms with van der Waals surface area (Å²) in [6.45, 7) is 3.89. The Labute approximate surface area is 147 Å². The summed E-state index contributed by atoms with van der Waals surface area (Å²) in [5.41, 5.74) is 3.04. The summed E-state index contributed by atoms with van der Waals surface area (Å²) in [7, 11) is 0. The second-order valence-electron chi connectivity index (χ2n) is 5.82. The molecule has 4 rings (SSSR count). The first-order valence-electron chi connectivity index (χ1n) is 7.76. The van der Waals surface area contributed by atoms with E-state index < -0.39 is 0 Å². The fourth-order valence-corrected chi connectivity index (χ4v) is 3.82. The molecule has 5 nitrogen and oxygen atoms in total. The number of nitrogens with one attached hydrogen (secondary N) is 1. The van der Waals surface area contributed by atoms with E-state index in [-0.39, 0.29) is 11.4 Å². The van der Waals surface area contributed by atoms with Gasteiger partial charge in [0.1, 0.15) is 11.6 Å². The standard InChI is InChI=1S/C19H14N4OS/c1-11-10-23-17(12(2)22-19(23)25-11)7-13(8-20)18(24)15-9-21-16-6-4-3-5-14(15)16/h3-7,9-10,21H,1-2H3/b13-7-. The fraction of sp³-hybridized carbons (Fsp3) is 0.105. The van der Waals surface area contributed by atoms with Crippen LogP contribution in [-0.2, 0) is 0 Å². The Morgan fingerprint density at radius 2 is 2.16 bits per heavy atom. The Bertz CT molecular complexity index is 1200. The van der Waals surface area contributed by atoms with Crippen molar-refractivity contribution in [3.8, 4) is 6.07 Å². The van der Waals surface area contributed by atoms with Crippen molar-refractivity contribution in [1.82, 2.24) is 14.4 Å². The topological polar surface area (TPSA) is 73.9 Å². The summed E-state index contributed by atoms with van der Waals surface area (Å²) < 4.78 is 1.93. The molecule has 1 N–H and O–H groups in total. The van der Waals surface area contributed by atoms with E-state index in [1.807, 2.05) is 48.7 Å². The van der Waals surface area contributed by atoms with Crippen molar-refractivity contribution in [3.05, 3.63) is 64.1 Å². The second-order valence-corrected chi connectivity index (χ2v) is 7.04. The molecule has 122 valence electrons. The Hall–Kier alpha value is -3.17. The van der Waals surface area contributed by atoms with Crippen molar-refractivity contribution in [2.45, 2.75) is 13.8 Å². The molecule has 0 bridgehead atoms. The first-order valence-corrected chi connectivity index (χ1v) is 8.58. The molecule has 0 fully saturated rings. The number of rotatable bonds is 3. The first-order chi connectivity index (χ1) is 12.1. The molecule has 25 heavy (non-hydrogen) atoms. The average molecular weight is 346 g/mol. The van der Waals surface area contributed by atoms with Gasteiger partial charge in [-0.3, -0.25) is 9.20 Å². The Kier molecular flexibility index (Phi) is 3.52. The highest BCUT2D eigenvalue weighted by atomic mass is 32.1. The van der Waals surface area contributed by atoms with Gasteiger partial charge in [0.05, 0.1) is 11.4 Å². The van der Waals surface area contributed by atoms with Crippen molar-refractivity contribution in [1.29, 1.82) is 5.26 Å². The smallest absolute Gasteiger partial charge is 0.205 e. The van der Waals surface area contributed by atoms with Crippen LogP contribution >= 0.6 is 11.3 Å². The SMILES string of the molecule is Cc1cn2c(/C=C(/C#N)C(=O)c3c[nH]c4ccccc34)c(C)nc2s1. The van der Waals surface area contributed by atoms with Crippen molar-refractivity contribution in [2.75, 3.05) is 0 Å². The number of hydrogen-bond acceptors (Lipinski definition) is 4. The van der Waals surface area contributed by atoms with Gasteiger partial charge in [-0.05, 0) is 26.0 Å². The number of hydrogen-bond donors (Lipinski definition) is 1. The van der Waals surface area contributed by atoms with Crippen LogP contribution in [0.1, 0.15) is 26.6 Å². The molecular formula is C19H14N4OS. The van der Waals surface area contributed by atoms with Gasteiger partial charge in [0, 0.05) is 33.7 Å². The lowest BCUT2D eigenvalue weighted by molar-refractivity contribution is 0.104. The summed E-state index contributed by atoms with van der Waals surface area (Å²) in [5.74, 6) is -0.291. The number of H-pyrrole nitrogens is 1. The number of aromatic nitrogens is 3. The van der Waals surface area contributed by atoms with Crippen LogP contribution in [0.3, 0.4) is 0 Å². The number of para-hydroxylation sites is 1. The molecule has 0 saturated heterocycles. The van der Waals surface area contributed by atoms with Crippen LogP contribution in [0.2, 0.25) is 0 Å². The third-order valence-electron chi connectivity index (χ3n) is 4.14. The van der Waals surface area contributed by atoms with Crippen molar-refractivity contribution < 1.29 is 4.79 Å². The fourth-order valence-electron chi connectivity index (χ4n) is 2.94. The number of nitrogens with zero attached hydrogens (tertiary/aromatic N) is 3.